The number of carbonyl (C=O) groups is 1. The molecule has 11 heteroatoms. The molecule has 3 N–H and O–H groups in total. The van der Waals surface area contributed by atoms with Gasteiger partial charge in [-0.15, -0.1) is 5.10 Å². The average Bonchev–Trinajstić information content (AvgIpc) is 3.51. The number of aromatic nitrogens is 4. The predicted molar refractivity (Wildman–Crippen MR) is 125 cm³/mol. The van der Waals surface area contributed by atoms with Crippen molar-refractivity contribution in [3.63, 3.8) is 0 Å². The number of pyridine rings is 2. The Hall–Kier alpha value is -4.25. The lowest BCUT2D eigenvalue weighted by molar-refractivity contribution is 0.0946. The number of benzene rings is 1. The molecule has 0 bridgehead atoms. The Morgan fingerprint density at radius 3 is 2.97 bits per heavy atom. The summed E-state index contributed by atoms with van der Waals surface area (Å²) in [7, 11) is 1.44. The van der Waals surface area contributed by atoms with Gasteiger partial charge in [0.25, 0.3) is 5.91 Å². The number of ether oxygens (including phenoxy) is 3. The molecular formula is C24H23FN6O4. The molecule has 35 heavy (non-hydrogen) atoms. The van der Waals surface area contributed by atoms with E-state index in [2.05, 4.69) is 20.4 Å². The Morgan fingerprint density at radius 1 is 1.29 bits per heavy atom. The average molecular weight is 478 g/mol. The zero-order valence-electron chi connectivity index (χ0n) is 18.9. The number of anilines is 1. The minimum atomic E-state index is -0.418. The van der Waals surface area contributed by atoms with Crippen LogP contribution in [0.15, 0.2) is 48.8 Å². The van der Waals surface area contributed by atoms with Crippen molar-refractivity contribution in [3.05, 3.63) is 65.7 Å². The van der Waals surface area contributed by atoms with Crippen LogP contribution in [0.2, 0.25) is 0 Å². The number of nitrogens with zero attached hydrogens (tertiary/aromatic N) is 4. The van der Waals surface area contributed by atoms with Gasteiger partial charge in [-0.05, 0) is 29.8 Å². The van der Waals surface area contributed by atoms with Crippen molar-refractivity contribution in [2.24, 2.45) is 0 Å². The van der Waals surface area contributed by atoms with Gasteiger partial charge in [0.05, 0.1) is 20.3 Å². The zero-order chi connectivity index (χ0) is 24.4. The molecule has 4 heterocycles. The summed E-state index contributed by atoms with van der Waals surface area (Å²) in [6, 6.07) is 9.53. The van der Waals surface area contributed by atoms with Gasteiger partial charge in [0, 0.05) is 42.6 Å². The fourth-order valence-corrected chi connectivity index (χ4v) is 3.85. The van der Waals surface area contributed by atoms with Crippen LogP contribution in [0.3, 0.4) is 0 Å². The summed E-state index contributed by atoms with van der Waals surface area (Å²) < 4.78 is 32.0. The van der Waals surface area contributed by atoms with Crippen molar-refractivity contribution < 1.29 is 23.4 Å². The first-order valence-corrected chi connectivity index (χ1v) is 11.0. The van der Waals surface area contributed by atoms with E-state index in [-0.39, 0.29) is 30.0 Å². The highest BCUT2D eigenvalue weighted by Crippen LogP contribution is 2.27. The van der Waals surface area contributed by atoms with Crippen molar-refractivity contribution in [1.82, 2.24) is 24.9 Å². The Balaban J connectivity index is 1.37. The zero-order valence-corrected chi connectivity index (χ0v) is 18.9. The maximum atomic E-state index is 13.8. The first-order chi connectivity index (χ1) is 17.0. The highest BCUT2D eigenvalue weighted by atomic mass is 19.1. The molecule has 1 unspecified atom stereocenters. The summed E-state index contributed by atoms with van der Waals surface area (Å²) in [5, 5.41) is 6.91. The minimum absolute atomic E-state index is 0.125. The summed E-state index contributed by atoms with van der Waals surface area (Å²) in [6.45, 7) is 1.18. The Kier molecular flexibility index (Phi) is 6.15. The molecule has 10 nitrogen and oxygen atoms in total. The third kappa shape index (κ3) is 4.85. The maximum Gasteiger partial charge on any atom is 0.257 e. The van der Waals surface area contributed by atoms with Crippen LogP contribution in [0.5, 0.6) is 11.6 Å². The number of rotatable bonds is 7. The van der Waals surface area contributed by atoms with Gasteiger partial charge >= 0.3 is 0 Å². The van der Waals surface area contributed by atoms with Crippen LogP contribution in [0.4, 0.5) is 10.3 Å². The molecule has 0 aliphatic carbocycles. The van der Waals surface area contributed by atoms with Crippen molar-refractivity contribution >= 4 is 17.5 Å². The van der Waals surface area contributed by atoms with Gasteiger partial charge in [0.15, 0.2) is 5.65 Å². The number of nitrogen functional groups attached to an aromatic ring is 1. The van der Waals surface area contributed by atoms with E-state index in [1.54, 1.807) is 35.1 Å². The molecular weight excluding hydrogens is 455 g/mol. The fourth-order valence-electron chi connectivity index (χ4n) is 3.85. The number of hydrogen-bond donors (Lipinski definition) is 2. The Morgan fingerprint density at radius 2 is 2.17 bits per heavy atom. The summed E-state index contributed by atoms with van der Waals surface area (Å²) in [5.74, 6) is -0.0969. The first-order valence-electron chi connectivity index (χ1n) is 11.0. The van der Waals surface area contributed by atoms with Gasteiger partial charge in [-0.2, -0.15) is 4.98 Å². The van der Waals surface area contributed by atoms with E-state index in [1.807, 2.05) is 6.07 Å². The standard InChI is InChI=1S/C24H23FN6O4/c1-33-23-19(8-16(12-28-23)14-4-6-31-21(9-14)29-24(26)30-31)22(32)27-11-15-2-3-17(25)10-20(15)35-18-5-7-34-13-18/h2-4,6,8-10,12,18H,5,7,11,13H2,1H3,(H2,26,30)(H,27,32). The van der Waals surface area contributed by atoms with Crippen LogP contribution >= 0.6 is 0 Å². The predicted octanol–water partition coefficient (Wildman–Crippen LogP) is 2.62. The monoisotopic (exact) mass is 478 g/mol. The van der Waals surface area contributed by atoms with E-state index in [9.17, 15) is 9.18 Å². The lowest BCUT2D eigenvalue weighted by Crippen LogP contribution is -2.25. The lowest BCUT2D eigenvalue weighted by Gasteiger charge is -2.16. The van der Waals surface area contributed by atoms with E-state index < -0.39 is 11.7 Å². The molecule has 1 atom stereocenters. The van der Waals surface area contributed by atoms with Crippen molar-refractivity contribution in [1.29, 1.82) is 0 Å². The number of carbonyl (C=O) groups excluding carboxylic acids is 1. The topological polar surface area (TPSA) is 126 Å². The summed E-state index contributed by atoms with van der Waals surface area (Å²) in [4.78, 5) is 21.6. The van der Waals surface area contributed by atoms with E-state index >= 15 is 0 Å². The van der Waals surface area contributed by atoms with E-state index in [0.717, 1.165) is 12.0 Å². The highest BCUT2D eigenvalue weighted by molar-refractivity contribution is 5.97. The van der Waals surface area contributed by atoms with Gasteiger partial charge in [0.2, 0.25) is 11.8 Å². The summed E-state index contributed by atoms with van der Waals surface area (Å²) >= 11 is 0. The van der Waals surface area contributed by atoms with Gasteiger partial charge in [-0.1, -0.05) is 6.07 Å². The highest BCUT2D eigenvalue weighted by Gasteiger charge is 2.20. The van der Waals surface area contributed by atoms with Gasteiger partial charge in [0.1, 0.15) is 23.2 Å². The minimum Gasteiger partial charge on any atom is -0.487 e. The molecule has 4 aromatic rings. The maximum absolute atomic E-state index is 13.8. The smallest absolute Gasteiger partial charge is 0.257 e. The van der Waals surface area contributed by atoms with Crippen LogP contribution in [-0.4, -0.2) is 51.9 Å². The van der Waals surface area contributed by atoms with Crippen LogP contribution in [0, 0.1) is 5.82 Å². The molecule has 1 aliphatic heterocycles. The molecule has 180 valence electrons. The van der Waals surface area contributed by atoms with Gasteiger partial charge in [-0.25, -0.2) is 13.9 Å². The molecule has 0 radical (unpaired) electrons. The molecule has 5 rings (SSSR count). The SMILES string of the molecule is COc1ncc(-c2ccn3nc(N)nc3c2)cc1C(=O)NCc1ccc(F)cc1OC1CCOC1. The Labute approximate surface area is 199 Å². The van der Waals surface area contributed by atoms with Crippen LogP contribution in [-0.2, 0) is 11.3 Å². The van der Waals surface area contributed by atoms with E-state index in [4.69, 9.17) is 19.9 Å². The number of fused-ring (bicyclic) bond motifs is 1. The Bertz CT molecular complexity index is 1390. The second kappa shape index (κ2) is 9.55. The van der Waals surface area contributed by atoms with Crippen molar-refractivity contribution in [2.75, 3.05) is 26.1 Å². The van der Waals surface area contributed by atoms with Crippen LogP contribution < -0.4 is 20.5 Å². The van der Waals surface area contributed by atoms with Gasteiger partial charge < -0.3 is 25.3 Å². The van der Waals surface area contributed by atoms with E-state index in [1.165, 1.54) is 19.2 Å². The number of halogens is 1. The number of amides is 1. The molecule has 1 aromatic carbocycles. The van der Waals surface area contributed by atoms with Crippen LogP contribution in [0.1, 0.15) is 22.3 Å². The summed E-state index contributed by atoms with van der Waals surface area (Å²) in [5.41, 5.74) is 8.59. The third-order valence-electron chi connectivity index (χ3n) is 5.63. The molecule has 1 amide bonds. The molecule has 3 aromatic heterocycles. The largest absolute Gasteiger partial charge is 0.487 e. The molecule has 1 aliphatic rings. The van der Waals surface area contributed by atoms with E-state index in [0.29, 0.717) is 35.7 Å². The van der Waals surface area contributed by atoms with Crippen molar-refractivity contribution in [3.8, 4) is 22.8 Å². The van der Waals surface area contributed by atoms with Crippen LogP contribution in [0.25, 0.3) is 16.8 Å². The lowest BCUT2D eigenvalue weighted by atomic mass is 10.1. The number of nitrogens with one attached hydrogen (secondary N) is 1. The molecule has 1 fully saturated rings. The van der Waals surface area contributed by atoms with Crippen molar-refractivity contribution in [2.45, 2.75) is 19.1 Å². The molecule has 0 saturated carbocycles. The number of nitrogens with two attached hydrogens (primary N) is 1. The molecule has 1 saturated heterocycles. The second-order valence-electron chi connectivity index (χ2n) is 8.01. The first kappa shape index (κ1) is 22.5. The number of hydrogen-bond acceptors (Lipinski definition) is 8. The van der Waals surface area contributed by atoms with Gasteiger partial charge in [-0.3, -0.25) is 4.79 Å². The summed E-state index contributed by atoms with van der Waals surface area (Å²) in [6.07, 6.45) is 3.91. The third-order valence-corrected chi connectivity index (χ3v) is 5.63. The second-order valence-corrected chi connectivity index (χ2v) is 8.01. The fraction of sp³-hybridized carbons (Fsp3) is 0.250. The molecule has 0 spiro atoms. The normalized spacial score (nSPS) is 15.3. The number of methoxy groups -OCH3 is 1. The quantitative estimate of drug-likeness (QED) is 0.415.